The van der Waals surface area contributed by atoms with E-state index in [2.05, 4.69) is 183 Å². The molecule has 0 aromatic heterocycles. The fourth-order valence-electron chi connectivity index (χ4n) is 11.9. The number of hydrogen-bond acceptors (Lipinski definition) is 1. The van der Waals surface area contributed by atoms with E-state index in [0.29, 0.717) is 11.8 Å². The Labute approximate surface area is 351 Å². The van der Waals surface area contributed by atoms with Gasteiger partial charge in [0.1, 0.15) is 0 Å². The number of fused-ring (bicyclic) bond motifs is 5. The van der Waals surface area contributed by atoms with Gasteiger partial charge in [0.25, 0.3) is 0 Å². The van der Waals surface area contributed by atoms with Crippen LogP contribution in [0.5, 0.6) is 0 Å². The van der Waals surface area contributed by atoms with Crippen LogP contribution in [0.4, 0.5) is 17.1 Å². The summed E-state index contributed by atoms with van der Waals surface area (Å²) in [6.07, 6.45) is 12.2. The molecular weight excluding hydrogens is 711 g/mol. The van der Waals surface area contributed by atoms with Gasteiger partial charge in [-0.3, -0.25) is 0 Å². The summed E-state index contributed by atoms with van der Waals surface area (Å²) in [5.74, 6) is 3.13. The number of hydrogen-bond donors (Lipinski definition) is 0. The Morgan fingerprint density at radius 2 is 1.19 bits per heavy atom. The van der Waals surface area contributed by atoms with E-state index in [1.807, 2.05) is 0 Å². The van der Waals surface area contributed by atoms with Crippen molar-refractivity contribution in [3.8, 4) is 44.5 Å². The Hall–Kier alpha value is -5.66. The van der Waals surface area contributed by atoms with Gasteiger partial charge in [-0.1, -0.05) is 161 Å². The van der Waals surface area contributed by atoms with Gasteiger partial charge >= 0.3 is 0 Å². The molecule has 59 heavy (non-hydrogen) atoms. The van der Waals surface area contributed by atoms with E-state index >= 15 is 0 Å². The van der Waals surface area contributed by atoms with Crippen molar-refractivity contribution in [3.05, 3.63) is 186 Å². The van der Waals surface area contributed by atoms with Gasteiger partial charge < -0.3 is 4.90 Å². The zero-order valence-corrected chi connectivity index (χ0v) is 34.7. The van der Waals surface area contributed by atoms with Crippen LogP contribution in [-0.4, -0.2) is 0 Å². The van der Waals surface area contributed by atoms with Gasteiger partial charge in [0.2, 0.25) is 0 Å². The molecule has 7 aromatic rings. The van der Waals surface area contributed by atoms with Crippen LogP contribution in [0.15, 0.2) is 164 Å². The third-order valence-corrected chi connectivity index (χ3v) is 14.9. The molecule has 0 aliphatic heterocycles. The topological polar surface area (TPSA) is 3.24 Å². The van der Waals surface area contributed by atoms with Gasteiger partial charge in [-0.2, -0.15) is 0 Å². The van der Waals surface area contributed by atoms with Crippen molar-refractivity contribution in [2.24, 2.45) is 11.8 Å². The minimum atomic E-state index is -0.201. The van der Waals surface area contributed by atoms with E-state index in [-0.39, 0.29) is 5.41 Å². The highest BCUT2D eigenvalue weighted by Gasteiger charge is 2.41. The third kappa shape index (κ3) is 6.46. The van der Waals surface area contributed by atoms with Gasteiger partial charge in [-0.15, -0.1) is 0 Å². The van der Waals surface area contributed by atoms with Gasteiger partial charge in [0.05, 0.1) is 0 Å². The summed E-state index contributed by atoms with van der Waals surface area (Å²) in [4.78, 5) is 2.55. The zero-order chi connectivity index (χ0) is 39.5. The molecule has 7 aromatic carbocycles. The maximum atomic E-state index is 2.55. The predicted octanol–water partition coefficient (Wildman–Crippen LogP) is 16.4. The smallest absolute Gasteiger partial charge is 0.0471 e. The van der Waals surface area contributed by atoms with Crippen LogP contribution in [0.1, 0.15) is 106 Å². The summed E-state index contributed by atoms with van der Waals surface area (Å²) in [5.41, 5.74) is 19.7. The van der Waals surface area contributed by atoms with Crippen LogP contribution < -0.4 is 4.90 Å². The highest BCUT2D eigenvalue weighted by Crippen LogP contribution is 2.56. The summed E-state index contributed by atoms with van der Waals surface area (Å²) in [6, 6.07) is 62.6. The molecule has 1 heteroatoms. The van der Waals surface area contributed by atoms with Crippen LogP contribution in [0.25, 0.3) is 44.5 Å². The molecule has 0 amide bonds. The molecule has 0 spiro atoms. The normalized spacial score (nSPS) is 20.3. The van der Waals surface area contributed by atoms with Crippen molar-refractivity contribution in [2.45, 2.75) is 88.9 Å². The highest BCUT2D eigenvalue weighted by atomic mass is 15.1. The first-order valence-corrected chi connectivity index (χ1v) is 22.5. The maximum Gasteiger partial charge on any atom is 0.0471 e. The van der Waals surface area contributed by atoms with E-state index < -0.39 is 0 Å². The van der Waals surface area contributed by atoms with Crippen molar-refractivity contribution in [1.29, 1.82) is 0 Å². The average molecular weight is 766 g/mol. The first kappa shape index (κ1) is 36.4. The molecule has 1 nitrogen and oxygen atoms in total. The molecule has 3 unspecified atom stereocenters. The molecule has 0 N–H and O–H groups in total. The molecule has 3 fully saturated rings. The van der Waals surface area contributed by atoms with E-state index in [9.17, 15) is 0 Å². The lowest BCUT2D eigenvalue weighted by atomic mass is 9.80. The van der Waals surface area contributed by atoms with Crippen molar-refractivity contribution in [3.63, 3.8) is 0 Å². The number of anilines is 3. The molecule has 4 aliphatic rings. The number of rotatable bonds is 8. The molecule has 3 atom stereocenters. The second-order valence-corrected chi connectivity index (χ2v) is 18.7. The molecule has 0 saturated heterocycles. The Morgan fingerprint density at radius 1 is 0.458 bits per heavy atom. The second kappa shape index (κ2) is 14.9. The molecule has 0 radical (unpaired) electrons. The third-order valence-electron chi connectivity index (χ3n) is 14.9. The number of nitrogens with zero attached hydrogens (tertiary/aromatic N) is 1. The molecule has 11 rings (SSSR count). The van der Waals surface area contributed by atoms with E-state index in [1.165, 1.54) is 142 Å². The first-order chi connectivity index (χ1) is 29.0. The van der Waals surface area contributed by atoms with E-state index in [4.69, 9.17) is 0 Å². The van der Waals surface area contributed by atoms with Gasteiger partial charge in [-0.05, 0) is 165 Å². The van der Waals surface area contributed by atoms with Crippen LogP contribution >= 0.6 is 0 Å². The van der Waals surface area contributed by atoms with Crippen molar-refractivity contribution >= 4 is 17.1 Å². The lowest BCUT2D eigenvalue weighted by Crippen LogP contribution is -2.17. The van der Waals surface area contributed by atoms with Crippen LogP contribution in [0, 0.1) is 11.8 Å². The summed E-state index contributed by atoms with van der Waals surface area (Å²) in [5, 5.41) is 0. The average Bonchev–Trinajstić information content (AvgIpc) is 4.00. The molecular formula is C58H55N. The van der Waals surface area contributed by atoms with Crippen LogP contribution in [-0.2, 0) is 5.41 Å². The highest BCUT2D eigenvalue weighted by molar-refractivity contribution is 5.97. The quantitative estimate of drug-likeness (QED) is 0.149. The molecule has 0 heterocycles. The molecule has 292 valence electrons. The zero-order valence-electron chi connectivity index (χ0n) is 34.7. The minimum absolute atomic E-state index is 0.201. The Kier molecular flexibility index (Phi) is 9.18. The van der Waals surface area contributed by atoms with E-state index in [0.717, 1.165) is 11.8 Å². The summed E-state index contributed by atoms with van der Waals surface area (Å²) >= 11 is 0. The second-order valence-electron chi connectivity index (χ2n) is 18.7. The van der Waals surface area contributed by atoms with Gasteiger partial charge in [-0.25, -0.2) is 0 Å². The maximum absolute atomic E-state index is 2.55. The van der Waals surface area contributed by atoms with Crippen LogP contribution in [0.3, 0.4) is 0 Å². The molecule has 2 bridgehead atoms. The molecule has 3 saturated carbocycles. The van der Waals surface area contributed by atoms with Crippen molar-refractivity contribution < 1.29 is 0 Å². The SMILES string of the molecule is CC1(C)c2cc(-c3ccccc3)ccc2-c2c(-c3ccccc3)cc(N(c3ccc(C4CC5CCC4C5)cc3)c3cccc(-c4ccccc4C4CCCCC4)c3)cc21. The first-order valence-electron chi connectivity index (χ1n) is 22.5. The van der Waals surface area contributed by atoms with Crippen molar-refractivity contribution in [1.82, 2.24) is 0 Å². The number of benzene rings is 7. The Morgan fingerprint density at radius 3 is 1.93 bits per heavy atom. The van der Waals surface area contributed by atoms with Crippen LogP contribution in [0.2, 0.25) is 0 Å². The summed E-state index contributed by atoms with van der Waals surface area (Å²) in [6.45, 7) is 4.87. The molecule has 4 aliphatic carbocycles. The summed E-state index contributed by atoms with van der Waals surface area (Å²) in [7, 11) is 0. The van der Waals surface area contributed by atoms with E-state index in [1.54, 1.807) is 0 Å². The fraction of sp³-hybridized carbons (Fsp3) is 0.276. The lowest BCUT2D eigenvalue weighted by Gasteiger charge is -2.30. The van der Waals surface area contributed by atoms with Gasteiger partial charge in [0.15, 0.2) is 0 Å². The Balaban J connectivity index is 1.09. The predicted molar refractivity (Wildman–Crippen MR) is 249 cm³/mol. The summed E-state index contributed by atoms with van der Waals surface area (Å²) < 4.78 is 0. The minimum Gasteiger partial charge on any atom is -0.310 e. The Bertz CT molecular complexity index is 2630. The monoisotopic (exact) mass is 765 g/mol. The lowest BCUT2D eigenvalue weighted by molar-refractivity contribution is 0.420. The van der Waals surface area contributed by atoms with Crippen molar-refractivity contribution in [2.75, 3.05) is 4.90 Å². The van der Waals surface area contributed by atoms with Gasteiger partial charge in [0, 0.05) is 22.5 Å². The fourth-order valence-corrected chi connectivity index (χ4v) is 11.9. The largest absolute Gasteiger partial charge is 0.310 e. The standard InChI is InChI=1S/C58H55N/c1-58(2)55-36-44(40-15-6-3-7-16-40)29-32-52(55)57-54(42-19-10-5-11-20-42)37-49(38-56(57)58)59(47-30-27-43(28-31-47)53-34-39-25-26-46(53)33-39)48-22-14-21-45(35-48)51-24-13-12-23-50(51)41-17-8-4-9-18-41/h3,5-7,10-16,19-24,27-32,35-39,41,46,53H,4,8-9,17-18,25-26,33-34H2,1-2H3.